The molecule has 0 bridgehead atoms. The second-order valence-corrected chi connectivity index (χ2v) is 10.6. The topological polar surface area (TPSA) is 90.1 Å². The van der Waals surface area contributed by atoms with Gasteiger partial charge in [0.05, 0.1) is 6.54 Å². The number of benzene rings is 3. The van der Waals surface area contributed by atoms with Crippen molar-refractivity contribution in [2.75, 3.05) is 0 Å². The largest absolute Gasteiger partial charge is 0.351 e. The van der Waals surface area contributed by atoms with Crippen molar-refractivity contribution in [1.82, 2.24) is 39.7 Å². The third-order valence-corrected chi connectivity index (χ3v) is 7.85. The summed E-state index contributed by atoms with van der Waals surface area (Å²) in [6, 6.07) is 26.0. The Hall–Kier alpha value is -5.11. The first-order valence-corrected chi connectivity index (χ1v) is 13.8. The van der Waals surface area contributed by atoms with Crippen molar-refractivity contribution < 1.29 is 0 Å². The van der Waals surface area contributed by atoms with Crippen LogP contribution in [0.25, 0.3) is 55.7 Å². The number of fused-ring (bicyclic) bond motifs is 2. The highest BCUT2D eigenvalue weighted by Crippen LogP contribution is 2.35. The summed E-state index contributed by atoms with van der Waals surface area (Å²) in [5.41, 5.74) is 11.9. The quantitative estimate of drug-likeness (QED) is 0.256. The number of hydrogen-bond donors (Lipinski definition) is 1. The van der Waals surface area contributed by atoms with Crippen molar-refractivity contribution in [2.24, 2.45) is 7.05 Å². The van der Waals surface area contributed by atoms with Crippen LogP contribution in [-0.4, -0.2) is 39.7 Å². The average molecular weight is 539 g/mol. The van der Waals surface area contributed by atoms with Crippen LogP contribution in [-0.2, 0) is 20.0 Å². The lowest BCUT2D eigenvalue weighted by atomic mass is 9.93. The molecule has 0 atom stereocenters. The maximum atomic E-state index is 4.91. The number of pyridine rings is 1. The molecule has 202 valence electrons. The number of nitrogens with zero attached hydrogens (tertiary/aromatic N) is 7. The summed E-state index contributed by atoms with van der Waals surface area (Å²) in [6.07, 6.45) is 2.94. The molecule has 4 aromatic heterocycles. The summed E-state index contributed by atoms with van der Waals surface area (Å²) in [7, 11) is 2.07. The number of aromatic amines is 1. The lowest BCUT2D eigenvalue weighted by Crippen LogP contribution is -2.05. The van der Waals surface area contributed by atoms with Gasteiger partial charge in [0.25, 0.3) is 0 Å². The zero-order chi connectivity index (χ0) is 28.1. The van der Waals surface area contributed by atoms with Crippen molar-refractivity contribution in [3.8, 4) is 33.6 Å². The van der Waals surface area contributed by atoms with E-state index >= 15 is 0 Å². The van der Waals surface area contributed by atoms with E-state index in [1.54, 1.807) is 0 Å². The molecule has 0 spiro atoms. The summed E-state index contributed by atoms with van der Waals surface area (Å²) in [6.45, 7) is 7.00. The molecule has 0 amide bonds. The first kappa shape index (κ1) is 24.9. The lowest BCUT2D eigenvalue weighted by Gasteiger charge is -2.13. The number of aryl methyl sites for hydroxylation is 4. The van der Waals surface area contributed by atoms with E-state index < -0.39 is 0 Å². The molecule has 8 nitrogen and oxygen atoms in total. The van der Waals surface area contributed by atoms with Gasteiger partial charge in [-0.15, -0.1) is 10.2 Å². The van der Waals surface area contributed by atoms with E-state index in [1.807, 2.05) is 6.92 Å². The normalized spacial score (nSPS) is 11.6. The standard InChI is InChI=1S/C33H30N8/c1-5-30-35-31-20(2)16-21(3)34-33(31)41(30)19-22-6-8-23(9-7-22)28-18-25(10-12-27(28)32-36-38-39-37-32)24-11-13-29-26(17-24)14-15-40(29)4/h6-18H,5,19H2,1-4H3,(H,36,37,38,39). The summed E-state index contributed by atoms with van der Waals surface area (Å²) in [4.78, 5) is 9.75. The van der Waals surface area contributed by atoms with E-state index in [-0.39, 0.29) is 0 Å². The van der Waals surface area contributed by atoms with Gasteiger partial charge in [-0.1, -0.05) is 43.3 Å². The minimum absolute atomic E-state index is 0.573. The van der Waals surface area contributed by atoms with E-state index in [9.17, 15) is 0 Å². The van der Waals surface area contributed by atoms with Gasteiger partial charge < -0.3 is 9.13 Å². The first-order chi connectivity index (χ1) is 20.0. The minimum atomic E-state index is 0.573. The fourth-order valence-electron chi connectivity index (χ4n) is 5.75. The summed E-state index contributed by atoms with van der Waals surface area (Å²) in [5, 5.41) is 16.2. The highest BCUT2D eigenvalue weighted by atomic mass is 15.5. The first-order valence-electron chi connectivity index (χ1n) is 13.8. The summed E-state index contributed by atoms with van der Waals surface area (Å²) in [5.74, 6) is 1.62. The van der Waals surface area contributed by atoms with Crippen LogP contribution in [0.3, 0.4) is 0 Å². The Kier molecular flexibility index (Phi) is 5.96. The molecule has 1 N–H and O–H groups in total. The van der Waals surface area contributed by atoms with Crippen LogP contribution in [0.2, 0.25) is 0 Å². The molecule has 0 unspecified atom stereocenters. The Balaban J connectivity index is 1.28. The van der Waals surface area contributed by atoms with Crippen molar-refractivity contribution in [1.29, 1.82) is 0 Å². The molecule has 0 saturated carbocycles. The minimum Gasteiger partial charge on any atom is -0.351 e. The van der Waals surface area contributed by atoms with E-state index in [2.05, 4.69) is 130 Å². The van der Waals surface area contributed by atoms with Crippen molar-refractivity contribution >= 4 is 22.1 Å². The van der Waals surface area contributed by atoms with E-state index in [0.717, 1.165) is 56.9 Å². The SMILES string of the molecule is CCc1nc2c(C)cc(C)nc2n1Cc1ccc(-c2cc(-c3ccc4c(ccn4C)c3)ccc2-c2nn[nH]n2)cc1. The number of nitrogens with one attached hydrogen (secondary N) is 1. The zero-order valence-corrected chi connectivity index (χ0v) is 23.6. The molecule has 7 aromatic rings. The molecule has 8 heteroatoms. The van der Waals surface area contributed by atoms with Gasteiger partial charge in [0, 0.05) is 41.8 Å². The second kappa shape index (κ2) is 9.82. The van der Waals surface area contributed by atoms with Crippen LogP contribution in [0.1, 0.15) is 29.6 Å². The number of imidazole rings is 1. The van der Waals surface area contributed by atoms with Gasteiger partial charge in [-0.2, -0.15) is 5.21 Å². The highest BCUT2D eigenvalue weighted by Gasteiger charge is 2.16. The monoisotopic (exact) mass is 538 g/mol. The maximum absolute atomic E-state index is 4.91. The van der Waals surface area contributed by atoms with E-state index in [4.69, 9.17) is 9.97 Å². The molecular formula is C33H30N8. The average Bonchev–Trinajstić information content (AvgIpc) is 3.73. The van der Waals surface area contributed by atoms with Gasteiger partial charge in [0.15, 0.2) is 5.65 Å². The Bertz CT molecular complexity index is 2030. The Morgan fingerprint density at radius 1 is 0.805 bits per heavy atom. The van der Waals surface area contributed by atoms with Gasteiger partial charge in [0.1, 0.15) is 11.3 Å². The lowest BCUT2D eigenvalue weighted by molar-refractivity contribution is 0.745. The van der Waals surface area contributed by atoms with Crippen LogP contribution in [0.15, 0.2) is 79.0 Å². The molecule has 0 fully saturated rings. The molecule has 0 aliphatic heterocycles. The van der Waals surface area contributed by atoms with Crippen molar-refractivity contribution in [3.05, 3.63) is 102 Å². The van der Waals surface area contributed by atoms with Gasteiger partial charge in [0.2, 0.25) is 5.82 Å². The van der Waals surface area contributed by atoms with Crippen LogP contribution in [0, 0.1) is 13.8 Å². The molecule has 4 heterocycles. The molecule has 0 radical (unpaired) electrons. The molecule has 7 rings (SSSR count). The fourth-order valence-corrected chi connectivity index (χ4v) is 5.75. The van der Waals surface area contributed by atoms with Gasteiger partial charge in [-0.3, -0.25) is 0 Å². The highest BCUT2D eigenvalue weighted by molar-refractivity contribution is 5.89. The predicted molar refractivity (Wildman–Crippen MR) is 162 cm³/mol. The van der Waals surface area contributed by atoms with Crippen LogP contribution >= 0.6 is 0 Å². The number of hydrogen-bond acceptors (Lipinski definition) is 5. The van der Waals surface area contributed by atoms with Gasteiger partial charge in [-0.05, 0) is 88.8 Å². The summed E-state index contributed by atoms with van der Waals surface area (Å²) < 4.78 is 4.38. The number of tetrazole rings is 1. The van der Waals surface area contributed by atoms with Crippen LogP contribution < -0.4 is 0 Å². The fraction of sp³-hybridized carbons (Fsp3) is 0.182. The van der Waals surface area contributed by atoms with E-state index in [1.165, 1.54) is 22.0 Å². The molecule has 0 saturated heterocycles. The molecule has 0 aliphatic carbocycles. The second-order valence-electron chi connectivity index (χ2n) is 10.6. The molecule has 0 aliphatic rings. The van der Waals surface area contributed by atoms with Crippen LogP contribution in [0.5, 0.6) is 0 Å². The third kappa shape index (κ3) is 4.37. The Labute approximate surface area is 237 Å². The molecular weight excluding hydrogens is 508 g/mol. The van der Waals surface area contributed by atoms with E-state index in [0.29, 0.717) is 12.4 Å². The number of rotatable bonds is 6. The van der Waals surface area contributed by atoms with Gasteiger partial charge >= 0.3 is 0 Å². The maximum Gasteiger partial charge on any atom is 0.205 e. The number of aromatic nitrogens is 8. The van der Waals surface area contributed by atoms with Crippen LogP contribution in [0.4, 0.5) is 0 Å². The Morgan fingerprint density at radius 2 is 1.59 bits per heavy atom. The van der Waals surface area contributed by atoms with Crippen molar-refractivity contribution in [3.63, 3.8) is 0 Å². The Morgan fingerprint density at radius 3 is 2.37 bits per heavy atom. The third-order valence-electron chi connectivity index (χ3n) is 7.85. The zero-order valence-electron chi connectivity index (χ0n) is 23.6. The van der Waals surface area contributed by atoms with Gasteiger partial charge in [-0.25, -0.2) is 9.97 Å². The summed E-state index contributed by atoms with van der Waals surface area (Å²) >= 11 is 0. The molecule has 41 heavy (non-hydrogen) atoms. The predicted octanol–water partition coefficient (Wildman–Crippen LogP) is 6.66. The number of H-pyrrole nitrogens is 1. The smallest absolute Gasteiger partial charge is 0.205 e. The van der Waals surface area contributed by atoms with Crippen molar-refractivity contribution in [2.45, 2.75) is 33.7 Å². The molecule has 3 aromatic carbocycles.